The number of ether oxygens (including phenoxy) is 1. The lowest BCUT2D eigenvalue weighted by Crippen LogP contribution is -2.32. The number of Topliss-reactive ketones (excluding diaryl/α,β-unsaturated/α-hetero) is 1. The number of carbonyl (C=O) groups is 2. The van der Waals surface area contributed by atoms with Crippen LogP contribution in [0.4, 0.5) is 0 Å². The van der Waals surface area contributed by atoms with Crippen LogP contribution in [-0.2, 0) is 20.7 Å². The summed E-state index contributed by atoms with van der Waals surface area (Å²) in [5.74, 6) is -1.41. The molecule has 0 aromatic heterocycles. The molecule has 1 fully saturated rings. The predicted molar refractivity (Wildman–Crippen MR) is 113 cm³/mol. The Balaban J connectivity index is 2.19. The number of methoxy groups -OCH3 is 1. The van der Waals surface area contributed by atoms with Crippen molar-refractivity contribution in [3.8, 4) is 0 Å². The lowest BCUT2D eigenvalue weighted by atomic mass is 9.92. The van der Waals surface area contributed by atoms with Crippen molar-refractivity contribution in [2.24, 2.45) is 0 Å². The number of aliphatic hydroxyl groups is 1. The van der Waals surface area contributed by atoms with Gasteiger partial charge in [-0.15, -0.1) is 0 Å². The Morgan fingerprint density at radius 2 is 1.79 bits per heavy atom. The van der Waals surface area contributed by atoms with E-state index >= 15 is 0 Å². The summed E-state index contributed by atoms with van der Waals surface area (Å²) >= 11 is 0. The number of hydrogen-bond donors (Lipinski definition) is 1. The van der Waals surface area contributed by atoms with E-state index in [1.54, 1.807) is 7.11 Å². The van der Waals surface area contributed by atoms with Gasteiger partial charge < -0.3 is 14.7 Å². The molecule has 0 saturated carbocycles. The molecule has 5 heteroatoms. The molecule has 1 aliphatic rings. The number of benzene rings is 2. The molecule has 0 aliphatic carbocycles. The van der Waals surface area contributed by atoms with Gasteiger partial charge >= 0.3 is 0 Å². The maximum atomic E-state index is 12.9. The highest BCUT2D eigenvalue weighted by molar-refractivity contribution is 6.46. The summed E-state index contributed by atoms with van der Waals surface area (Å²) in [7, 11) is 1.55. The van der Waals surface area contributed by atoms with Crippen molar-refractivity contribution in [2.45, 2.75) is 33.2 Å². The number of nitrogens with zero attached hydrogens (tertiary/aromatic N) is 1. The maximum Gasteiger partial charge on any atom is 0.295 e. The molecule has 0 radical (unpaired) electrons. The molecule has 1 amide bonds. The van der Waals surface area contributed by atoms with E-state index < -0.39 is 17.7 Å². The summed E-state index contributed by atoms with van der Waals surface area (Å²) in [4.78, 5) is 27.2. The van der Waals surface area contributed by atoms with Gasteiger partial charge in [0.15, 0.2) is 0 Å². The van der Waals surface area contributed by atoms with Gasteiger partial charge in [-0.05, 0) is 43.0 Å². The summed E-state index contributed by atoms with van der Waals surface area (Å²) in [6.07, 6.45) is 0.895. The molecule has 1 saturated heterocycles. The number of ketones is 1. The Labute approximate surface area is 171 Å². The Kier molecular flexibility index (Phi) is 6.18. The van der Waals surface area contributed by atoms with Gasteiger partial charge in [0.05, 0.1) is 18.2 Å². The number of rotatable bonds is 6. The van der Waals surface area contributed by atoms with E-state index in [1.165, 1.54) is 4.90 Å². The molecule has 0 spiro atoms. The van der Waals surface area contributed by atoms with Crippen LogP contribution in [0.25, 0.3) is 5.76 Å². The Bertz CT molecular complexity index is 959. The molecule has 2 aromatic rings. The number of aryl methyl sites for hydroxylation is 3. The number of carbonyl (C=O) groups excluding carboxylic acids is 2. The van der Waals surface area contributed by atoms with Crippen molar-refractivity contribution in [1.82, 2.24) is 4.90 Å². The Hall–Kier alpha value is -2.92. The fraction of sp³-hybridized carbons (Fsp3) is 0.333. The topological polar surface area (TPSA) is 66.8 Å². The number of likely N-dealkylation sites (tertiary alicyclic amines) is 1. The number of hydrogen-bond acceptors (Lipinski definition) is 4. The van der Waals surface area contributed by atoms with Gasteiger partial charge in [-0.25, -0.2) is 0 Å². The van der Waals surface area contributed by atoms with E-state index in [1.807, 2.05) is 56.3 Å². The summed E-state index contributed by atoms with van der Waals surface area (Å²) in [5.41, 5.74) is 4.47. The highest BCUT2D eigenvalue weighted by Crippen LogP contribution is 2.39. The summed E-state index contributed by atoms with van der Waals surface area (Å²) in [6.45, 7) is 6.44. The van der Waals surface area contributed by atoms with Crippen LogP contribution < -0.4 is 0 Å². The zero-order valence-corrected chi connectivity index (χ0v) is 17.4. The van der Waals surface area contributed by atoms with Gasteiger partial charge in [0.25, 0.3) is 11.7 Å². The van der Waals surface area contributed by atoms with E-state index in [0.29, 0.717) is 12.2 Å². The third-order valence-corrected chi connectivity index (χ3v) is 5.43. The molecule has 1 unspecified atom stereocenters. The Morgan fingerprint density at radius 3 is 2.41 bits per heavy atom. The molecule has 5 nitrogen and oxygen atoms in total. The fourth-order valence-electron chi connectivity index (χ4n) is 3.72. The van der Waals surface area contributed by atoms with Crippen LogP contribution in [0, 0.1) is 13.8 Å². The first-order valence-corrected chi connectivity index (χ1v) is 9.82. The standard InChI is InChI=1S/C24H27NO4/c1-5-17-8-10-18(11-9-17)21-20(23(27)24(28)25(21)12-13-29-4)22(26)19-14-15(2)6-7-16(19)3/h6-11,14,21,26H,5,12-13H2,1-4H3/b22-20+. The van der Waals surface area contributed by atoms with Crippen molar-refractivity contribution in [3.63, 3.8) is 0 Å². The fourth-order valence-corrected chi connectivity index (χ4v) is 3.72. The lowest BCUT2D eigenvalue weighted by Gasteiger charge is -2.25. The van der Waals surface area contributed by atoms with E-state index in [-0.39, 0.29) is 17.9 Å². The molecule has 1 atom stereocenters. The molecule has 2 aromatic carbocycles. The van der Waals surface area contributed by atoms with Crippen molar-refractivity contribution in [2.75, 3.05) is 20.3 Å². The SMILES string of the molecule is CCc1ccc(C2/C(=C(\O)c3cc(C)ccc3C)C(=O)C(=O)N2CCOC)cc1. The quantitative estimate of drug-likeness (QED) is 0.459. The minimum Gasteiger partial charge on any atom is -0.507 e. The predicted octanol–water partition coefficient (Wildman–Crippen LogP) is 3.93. The smallest absolute Gasteiger partial charge is 0.295 e. The summed E-state index contributed by atoms with van der Waals surface area (Å²) in [6, 6.07) is 12.9. The van der Waals surface area contributed by atoms with Crippen molar-refractivity contribution in [3.05, 3.63) is 75.9 Å². The molecule has 152 valence electrons. The highest BCUT2D eigenvalue weighted by atomic mass is 16.5. The minimum atomic E-state index is -0.663. The zero-order valence-electron chi connectivity index (χ0n) is 17.4. The van der Waals surface area contributed by atoms with E-state index in [9.17, 15) is 14.7 Å². The normalized spacial score (nSPS) is 18.5. The summed E-state index contributed by atoms with van der Waals surface area (Å²) in [5, 5.41) is 11.1. The van der Waals surface area contributed by atoms with Crippen LogP contribution in [0.1, 0.15) is 40.8 Å². The van der Waals surface area contributed by atoms with Crippen molar-refractivity contribution >= 4 is 17.4 Å². The molecular formula is C24H27NO4. The van der Waals surface area contributed by atoms with Gasteiger partial charge in [-0.1, -0.05) is 48.9 Å². The molecule has 1 aliphatic heterocycles. The second-order valence-corrected chi connectivity index (χ2v) is 7.40. The van der Waals surface area contributed by atoms with Gasteiger partial charge in [0.2, 0.25) is 0 Å². The van der Waals surface area contributed by atoms with Gasteiger partial charge in [-0.2, -0.15) is 0 Å². The second kappa shape index (κ2) is 8.62. The molecule has 3 rings (SSSR count). The average molecular weight is 393 g/mol. The van der Waals surface area contributed by atoms with Crippen LogP contribution in [0.5, 0.6) is 0 Å². The molecular weight excluding hydrogens is 366 g/mol. The van der Waals surface area contributed by atoms with Crippen molar-refractivity contribution < 1.29 is 19.4 Å². The molecule has 29 heavy (non-hydrogen) atoms. The van der Waals surface area contributed by atoms with Crippen LogP contribution in [-0.4, -0.2) is 42.0 Å². The highest BCUT2D eigenvalue weighted by Gasteiger charge is 2.45. The third kappa shape index (κ3) is 3.96. The maximum absolute atomic E-state index is 12.9. The number of aliphatic hydroxyl groups excluding tert-OH is 1. The molecule has 1 N–H and O–H groups in total. The zero-order chi connectivity index (χ0) is 21.1. The van der Waals surface area contributed by atoms with Crippen LogP contribution in [0.15, 0.2) is 48.0 Å². The van der Waals surface area contributed by atoms with Gasteiger partial charge in [0.1, 0.15) is 5.76 Å². The first kappa shape index (κ1) is 20.8. The second-order valence-electron chi connectivity index (χ2n) is 7.40. The van der Waals surface area contributed by atoms with E-state index in [0.717, 1.165) is 28.7 Å². The van der Waals surface area contributed by atoms with Crippen LogP contribution >= 0.6 is 0 Å². The van der Waals surface area contributed by atoms with E-state index in [2.05, 4.69) is 6.92 Å². The lowest BCUT2D eigenvalue weighted by molar-refractivity contribution is -0.140. The first-order chi connectivity index (χ1) is 13.9. The van der Waals surface area contributed by atoms with Gasteiger partial charge in [-0.3, -0.25) is 9.59 Å². The monoisotopic (exact) mass is 393 g/mol. The largest absolute Gasteiger partial charge is 0.507 e. The van der Waals surface area contributed by atoms with Crippen molar-refractivity contribution in [1.29, 1.82) is 0 Å². The average Bonchev–Trinajstić information content (AvgIpc) is 2.98. The Morgan fingerprint density at radius 1 is 1.10 bits per heavy atom. The molecule has 0 bridgehead atoms. The van der Waals surface area contributed by atoms with Crippen LogP contribution in [0.2, 0.25) is 0 Å². The van der Waals surface area contributed by atoms with E-state index in [4.69, 9.17) is 4.74 Å². The first-order valence-electron chi connectivity index (χ1n) is 9.82. The minimum absolute atomic E-state index is 0.129. The summed E-state index contributed by atoms with van der Waals surface area (Å²) < 4.78 is 5.14. The third-order valence-electron chi connectivity index (χ3n) is 5.43. The number of amides is 1. The van der Waals surface area contributed by atoms with Gasteiger partial charge in [0, 0.05) is 19.2 Å². The van der Waals surface area contributed by atoms with Crippen LogP contribution in [0.3, 0.4) is 0 Å². The molecule has 1 heterocycles.